The van der Waals surface area contributed by atoms with Crippen LogP contribution < -0.4 is 5.32 Å². The van der Waals surface area contributed by atoms with Gasteiger partial charge in [0.15, 0.2) is 5.76 Å². The van der Waals surface area contributed by atoms with Crippen molar-refractivity contribution in [3.8, 4) is 0 Å². The number of hydrogen-bond donors (Lipinski definition) is 2. The lowest BCUT2D eigenvalue weighted by Crippen LogP contribution is -2.24. The average Bonchev–Trinajstić information content (AvgIpc) is 3.21. The van der Waals surface area contributed by atoms with E-state index in [4.69, 9.17) is 4.42 Å². The number of furan rings is 1. The van der Waals surface area contributed by atoms with Crippen molar-refractivity contribution in [3.05, 3.63) is 65.1 Å². The van der Waals surface area contributed by atoms with Crippen LogP contribution in [0.4, 0.5) is 5.69 Å². The number of para-hydroxylation sites is 1. The van der Waals surface area contributed by atoms with Crippen molar-refractivity contribution in [1.82, 2.24) is 4.57 Å². The minimum Gasteiger partial charge on any atom is -0.455 e. The van der Waals surface area contributed by atoms with Gasteiger partial charge in [-0.3, -0.25) is 4.79 Å². The van der Waals surface area contributed by atoms with E-state index in [1.54, 1.807) is 0 Å². The number of carbonyl (C=O) groups excluding carboxylic acids is 1. The topological polar surface area (TPSA) is 67.4 Å². The van der Waals surface area contributed by atoms with Crippen molar-refractivity contribution in [2.24, 2.45) is 5.41 Å². The Morgan fingerprint density at radius 1 is 1.19 bits per heavy atom. The van der Waals surface area contributed by atoms with Crippen LogP contribution in [0.5, 0.6) is 0 Å². The normalized spacial score (nSPS) is 17.8. The van der Waals surface area contributed by atoms with E-state index in [-0.39, 0.29) is 17.1 Å². The minimum atomic E-state index is -0.597. The van der Waals surface area contributed by atoms with E-state index in [0.29, 0.717) is 6.42 Å². The van der Waals surface area contributed by atoms with Crippen molar-refractivity contribution >= 4 is 33.4 Å². The minimum absolute atomic E-state index is 0.0526. The first kappa shape index (κ1) is 19.9. The molecule has 0 saturated carbocycles. The Kier molecular flexibility index (Phi) is 4.48. The fourth-order valence-electron chi connectivity index (χ4n) is 5.16. The van der Waals surface area contributed by atoms with E-state index < -0.39 is 6.10 Å². The molecule has 5 nitrogen and oxygen atoms in total. The number of aromatic nitrogens is 1. The number of anilines is 1. The number of hydrogen-bond acceptors (Lipinski definition) is 3. The van der Waals surface area contributed by atoms with Gasteiger partial charge in [-0.1, -0.05) is 32.0 Å². The lowest BCUT2D eigenvalue weighted by Gasteiger charge is -2.31. The Bertz CT molecular complexity index is 1330. The third-order valence-corrected chi connectivity index (χ3v) is 6.54. The summed E-state index contributed by atoms with van der Waals surface area (Å²) in [6, 6.07) is 14.3. The number of aliphatic hydroxyl groups excluding tert-OH is 1. The Morgan fingerprint density at radius 3 is 2.71 bits per heavy atom. The highest BCUT2D eigenvalue weighted by atomic mass is 16.4. The van der Waals surface area contributed by atoms with Crippen LogP contribution in [0, 0.1) is 12.3 Å². The van der Waals surface area contributed by atoms with Gasteiger partial charge < -0.3 is 19.4 Å². The number of nitrogens with zero attached hydrogens (tertiary/aromatic N) is 1. The molecule has 5 rings (SSSR count). The highest BCUT2D eigenvalue weighted by Crippen LogP contribution is 2.44. The molecule has 2 aromatic carbocycles. The quantitative estimate of drug-likeness (QED) is 0.432. The van der Waals surface area contributed by atoms with Crippen molar-refractivity contribution in [2.45, 2.75) is 53.2 Å². The van der Waals surface area contributed by atoms with E-state index >= 15 is 0 Å². The number of aryl methyl sites for hydroxylation is 1. The monoisotopic (exact) mass is 416 g/mol. The molecule has 1 amide bonds. The van der Waals surface area contributed by atoms with Gasteiger partial charge in [-0.25, -0.2) is 0 Å². The standard InChI is InChI=1S/C26H28N2O3/c1-5-28-19-9-7-6-8-17(19)18-12-16(10-11-20(18)28)27-25(30)24-15(2)23-21(29)13-26(3,4)14-22(23)31-24/h6-12,21,29H,5,13-14H2,1-4H3,(H,27,30)/t21-/m0/s1. The molecule has 0 saturated heterocycles. The summed E-state index contributed by atoms with van der Waals surface area (Å²) in [5, 5.41) is 15.9. The highest BCUT2D eigenvalue weighted by Gasteiger charge is 2.37. The maximum Gasteiger partial charge on any atom is 0.291 e. The first-order chi connectivity index (χ1) is 14.8. The lowest BCUT2D eigenvalue weighted by atomic mass is 9.75. The Hall–Kier alpha value is -3.05. The smallest absolute Gasteiger partial charge is 0.291 e. The number of amides is 1. The van der Waals surface area contributed by atoms with Crippen LogP contribution >= 0.6 is 0 Å². The van der Waals surface area contributed by atoms with E-state index in [0.717, 1.165) is 46.4 Å². The number of fused-ring (bicyclic) bond motifs is 4. The number of aliphatic hydroxyl groups is 1. The van der Waals surface area contributed by atoms with Crippen molar-refractivity contribution < 1.29 is 14.3 Å². The molecule has 5 heteroatoms. The Labute approximate surface area is 181 Å². The summed E-state index contributed by atoms with van der Waals surface area (Å²) >= 11 is 0. The first-order valence-corrected chi connectivity index (χ1v) is 10.9. The van der Waals surface area contributed by atoms with E-state index in [1.165, 1.54) is 10.9 Å². The van der Waals surface area contributed by atoms with Gasteiger partial charge in [-0.2, -0.15) is 0 Å². The number of benzene rings is 2. The molecule has 160 valence electrons. The number of rotatable bonds is 3. The molecule has 31 heavy (non-hydrogen) atoms. The molecular weight excluding hydrogens is 388 g/mol. The molecule has 0 radical (unpaired) electrons. The van der Waals surface area contributed by atoms with Crippen molar-refractivity contribution in [2.75, 3.05) is 5.32 Å². The summed E-state index contributed by atoms with van der Waals surface area (Å²) in [5.41, 5.74) is 4.53. The Morgan fingerprint density at radius 2 is 1.94 bits per heavy atom. The third kappa shape index (κ3) is 3.15. The van der Waals surface area contributed by atoms with E-state index in [9.17, 15) is 9.90 Å². The van der Waals surface area contributed by atoms with Crippen LogP contribution in [0.15, 0.2) is 46.9 Å². The zero-order valence-electron chi connectivity index (χ0n) is 18.5. The highest BCUT2D eigenvalue weighted by molar-refractivity contribution is 6.11. The summed E-state index contributed by atoms with van der Waals surface area (Å²) in [7, 11) is 0. The molecule has 1 aliphatic carbocycles. The fourth-order valence-corrected chi connectivity index (χ4v) is 5.16. The van der Waals surface area contributed by atoms with Crippen molar-refractivity contribution in [3.63, 3.8) is 0 Å². The molecular formula is C26H28N2O3. The maximum atomic E-state index is 13.1. The molecule has 0 aliphatic heterocycles. The predicted octanol–water partition coefficient (Wildman–Crippen LogP) is 5.97. The summed E-state index contributed by atoms with van der Waals surface area (Å²) in [4.78, 5) is 13.1. The molecule has 0 fully saturated rings. The van der Waals surface area contributed by atoms with Crippen LogP contribution in [0.25, 0.3) is 21.8 Å². The molecule has 2 N–H and O–H groups in total. The van der Waals surface area contributed by atoms with E-state index in [1.807, 2.05) is 31.2 Å². The molecule has 0 unspecified atom stereocenters. The van der Waals surface area contributed by atoms with Gasteiger partial charge in [0, 0.05) is 51.6 Å². The van der Waals surface area contributed by atoms with Crippen molar-refractivity contribution in [1.29, 1.82) is 0 Å². The summed E-state index contributed by atoms with van der Waals surface area (Å²) in [6.45, 7) is 9.10. The van der Waals surface area contributed by atoms with Gasteiger partial charge in [0.25, 0.3) is 5.91 Å². The lowest BCUT2D eigenvalue weighted by molar-refractivity contribution is 0.0910. The van der Waals surface area contributed by atoms with Gasteiger partial charge >= 0.3 is 0 Å². The van der Waals surface area contributed by atoms with Gasteiger partial charge in [0.1, 0.15) is 5.76 Å². The van der Waals surface area contributed by atoms with Gasteiger partial charge in [0.2, 0.25) is 0 Å². The average molecular weight is 417 g/mol. The zero-order chi connectivity index (χ0) is 21.9. The second-order valence-electron chi connectivity index (χ2n) is 9.40. The second-order valence-corrected chi connectivity index (χ2v) is 9.40. The molecule has 1 aliphatic rings. The SMILES string of the molecule is CCn1c2ccccc2c2cc(NC(=O)c3oc4c(c3C)[C@@H](O)CC(C)(C)C4)ccc21. The maximum absolute atomic E-state index is 13.1. The number of nitrogens with one attached hydrogen (secondary N) is 1. The number of carbonyl (C=O) groups is 1. The fraction of sp³-hybridized carbons (Fsp3) is 0.346. The predicted molar refractivity (Wildman–Crippen MR) is 124 cm³/mol. The molecule has 1 atom stereocenters. The van der Waals surface area contributed by atoms with Gasteiger partial charge in [-0.15, -0.1) is 0 Å². The van der Waals surface area contributed by atoms with Gasteiger partial charge in [-0.05, 0) is 49.9 Å². The summed E-state index contributed by atoms with van der Waals surface area (Å²) in [6.07, 6.45) is 0.788. The summed E-state index contributed by atoms with van der Waals surface area (Å²) in [5.74, 6) is 0.737. The summed E-state index contributed by atoms with van der Waals surface area (Å²) < 4.78 is 8.26. The Balaban J connectivity index is 1.51. The largest absolute Gasteiger partial charge is 0.455 e. The van der Waals surface area contributed by atoms with Crippen LogP contribution in [0.1, 0.15) is 60.7 Å². The van der Waals surface area contributed by atoms with Crippen LogP contribution in [-0.2, 0) is 13.0 Å². The second kappa shape index (κ2) is 6.99. The van der Waals surface area contributed by atoms with Crippen LogP contribution in [0.3, 0.4) is 0 Å². The molecule has 0 spiro atoms. The van der Waals surface area contributed by atoms with Crippen LogP contribution in [-0.4, -0.2) is 15.6 Å². The van der Waals surface area contributed by atoms with Gasteiger partial charge in [0.05, 0.1) is 6.10 Å². The van der Waals surface area contributed by atoms with Crippen LogP contribution in [0.2, 0.25) is 0 Å². The molecule has 4 aromatic rings. The first-order valence-electron chi connectivity index (χ1n) is 10.9. The molecule has 2 aromatic heterocycles. The van der Waals surface area contributed by atoms with E-state index in [2.05, 4.69) is 48.9 Å². The third-order valence-electron chi connectivity index (χ3n) is 6.54. The molecule has 0 bridgehead atoms. The molecule has 2 heterocycles. The zero-order valence-corrected chi connectivity index (χ0v) is 18.5.